The first-order valence-corrected chi connectivity index (χ1v) is 8.09. The number of aromatic nitrogens is 4. The Morgan fingerprint density at radius 3 is 2.50 bits per heavy atom. The summed E-state index contributed by atoms with van der Waals surface area (Å²) < 4.78 is 3.63. The lowest BCUT2D eigenvalue weighted by Gasteiger charge is -2.19. The van der Waals surface area contributed by atoms with Gasteiger partial charge in [-0.2, -0.15) is 5.10 Å². The molecule has 0 aliphatic rings. The molecule has 0 atom stereocenters. The smallest absolute Gasteiger partial charge is 0.267 e. The summed E-state index contributed by atoms with van der Waals surface area (Å²) >= 11 is 3.31. The Balaban J connectivity index is 1.96. The summed E-state index contributed by atoms with van der Waals surface area (Å²) in [5.41, 5.74) is 2.79. The Kier molecular flexibility index (Phi) is 4.00. The van der Waals surface area contributed by atoms with Gasteiger partial charge in [0.15, 0.2) is 5.65 Å². The molecule has 0 saturated heterocycles. The van der Waals surface area contributed by atoms with Crippen LogP contribution in [0.2, 0.25) is 0 Å². The van der Waals surface area contributed by atoms with Crippen LogP contribution in [0.15, 0.2) is 46.1 Å². The van der Waals surface area contributed by atoms with Gasteiger partial charge in [0.05, 0.1) is 11.7 Å². The fourth-order valence-corrected chi connectivity index (χ4v) is 2.52. The van der Waals surface area contributed by atoms with E-state index in [1.54, 1.807) is 28.9 Å². The van der Waals surface area contributed by atoms with Crippen molar-refractivity contribution in [2.24, 2.45) is 0 Å². The summed E-state index contributed by atoms with van der Waals surface area (Å²) in [6, 6.07) is 6.83. The van der Waals surface area contributed by atoms with Crippen molar-refractivity contribution in [1.82, 2.24) is 19.4 Å². The van der Waals surface area contributed by atoms with E-state index in [1.165, 1.54) is 12.5 Å². The van der Waals surface area contributed by atoms with Gasteiger partial charge in [-0.15, -0.1) is 0 Å². The maximum atomic E-state index is 12.5. The number of fused-ring (bicyclic) bond motifs is 1. The maximum Gasteiger partial charge on any atom is 0.283 e. The fourth-order valence-electron chi connectivity index (χ4n) is 2.26. The summed E-state index contributed by atoms with van der Waals surface area (Å²) in [6.45, 7) is 5.92. The summed E-state index contributed by atoms with van der Waals surface area (Å²) in [5, 5.41) is 4.59. The minimum atomic E-state index is -0.394. The van der Waals surface area contributed by atoms with Gasteiger partial charge < -0.3 is 0 Å². The lowest BCUT2D eigenvalue weighted by atomic mass is 10.1. The number of hydrogen-bond acceptors (Lipinski definition) is 4. The van der Waals surface area contributed by atoms with Crippen molar-refractivity contribution < 1.29 is 4.79 Å². The molecule has 2 heterocycles. The van der Waals surface area contributed by atoms with Crippen LogP contribution >= 0.6 is 15.9 Å². The zero-order valence-electron chi connectivity index (χ0n) is 13.4. The zero-order chi connectivity index (χ0) is 17.5. The van der Waals surface area contributed by atoms with Gasteiger partial charge in [-0.1, -0.05) is 15.9 Å². The SMILES string of the molecule is CC(C)(C)n1ncc2c(=O)n(NC(=O)c3ccc(Br)cc3)cnc21. The molecule has 3 aromatic rings. The molecule has 3 rings (SSSR count). The van der Waals surface area contributed by atoms with E-state index in [0.717, 1.165) is 9.15 Å². The number of nitrogens with one attached hydrogen (secondary N) is 1. The van der Waals surface area contributed by atoms with Crippen LogP contribution in [0.25, 0.3) is 11.0 Å². The molecule has 0 spiro atoms. The van der Waals surface area contributed by atoms with Crippen molar-refractivity contribution in [3.05, 3.63) is 57.2 Å². The third-order valence-corrected chi connectivity index (χ3v) is 3.98. The zero-order valence-corrected chi connectivity index (χ0v) is 15.0. The van der Waals surface area contributed by atoms with Gasteiger partial charge in [-0.05, 0) is 45.0 Å². The monoisotopic (exact) mass is 389 g/mol. The quantitative estimate of drug-likeness (QED) is 0.729. The number of halogens is 1. The van der Waals surface area contributed by atoms with E-state index in [-0.39, 0.29) is 11.1 Å². The van der Waals surface area contributed by atoms with Gasteiger partial charge in [0.2, 0.25) is 0 Å². The molecule has 0 saturated carbocycles. The summed E-state index contributed by atoms with van der Waals surface area (Å²) in [6.07, 6.45) is 2.77. The summed E-state index contributed by atoms with van der Waals surface area (Å²) in [4.78, 5) is 29.1. The lowest BCUT2D eigenvalue weighted by Crippen LogP contribution is -2.33. The van der Waals surface area contributed by atoms with Crippen molar-refractivity contribution in [2.75, 3.05) is 5.43 Å². The molecule has 0 bridgehead atoms. The molecule has 0 radical (unpaired) electrons. The first-order chi connectivity index (χ1) is 11.3. The molecule has 1 N–H and O–H groups in total. The van der Waals surface area contributed by atoms with E-state index in [9.17, 15) is 9.59 Å². The van der Waals surface area contributed by atoms with E-state index in [1.807, 2.05) is 20.8 Å². The van der Waals surface area contributed by atoms with E-state index in [2.05, 4.69) is 31.4 Å². The molecule has 0 aliphatic heterocycles. The number of nitrogens with zero attached hydrogens (tertiary/aromatic N) is 4. The van der Waals surface area contributed by atoms with Crippen LogP contribution in [0.5, 0.6) is 0 Å². The van der Waals surface area contributed by atoms with Crippen LogP contribution in [0.4, 0.5) is 0 Å². The fraction of sp³-hybridized carbons (Fsp3) is 0.250. The molecule has 0 unspecified atom stereocenters. The number of carbonyl (C=O) groups excluding carboxylic acids is 1. The molecule has 8 heteroatoms. The highest BCUT2D eigenvalue weighted by molar-refractivity contribution is 9.10. The molecule has 7 nitrogen and oxygen atoms in total. The molecule has 2 aromatic heterocycles. The van der Waals surface area contributed by atoms with E-state index in [0.29, 0.717) is 16.6 Å². The van der Waals surface area contributed by atoms with Crippen molar-refractivity contribution >= 4 is 32.9 Å². The lowest BCUT2D eigenvalue weighted by molar-refractivity contribution is 0.101. The van der Waals surface area contributed by atoms with Gasteiger partial charge in [0.25, 0.3) is 11.5 Å². The van der Waals surface area contributed by atoms with Crippen LogP contribution in [-0.2, 0) is 5.54 Å². The molecular weight excluding hydrogens is 374 g/mol. The normalized spacial score (nSPS) is 11.7. The minimum Gasteiger partial charge on any atom is -0.267 e. The topological polar surface area (TPSA) is 81.8 Å². The van der Waals surface area contributed by atoms with E-state index >= 15 is 0 Å². The molecule has 1 aromatic carbocycles. The first-order valence-electron chi connectivity index (χ1n) is 7.30. The maximum absolute atomic E-state index is 12.5. The highest BCUT2D eigenvalue weighted by Crippen LogP contribution is 2.17. The van der Waals surface area contributed by atoms with Crippen LogP contribution in [0, 0.1) is 0 Å². The largest absolute Gasteiger partial charge is 0.283 e. The molecule has 0 aliphatic carbocycles. The van der Waals surface area contributed by atoms with Gasteiger partial charge in [-0.25, -0.2) is 14.3 Å². The molecule has 1 amide bonds. The number of hydrogen-bond donors (Lipinski definition) is 1. The Labute approximate surface area is 146 Å². The van der Waals surface area contributed by atoms with Gasteiger partial charge in [0, 0.05) is 10.0 Å². The second kappa shape index (κ2) is 5.86. The van der Waals surface area contributed by atoms with Crippen molar-refractivity contribution in [1.29, 1.82) is 0 Å². The van der Waals surface area contributed by atoms with Gasteiger partial charge >= 0.3 is 0 Å². The molecule has 0 fully saturated rings. The van der Waals surface area contributed by atoms with Gasteiger partial charge in [0.1, 0.15) is 11.7 Å². The highest BCUT2D eigenvalue weighted by Gasteiger charge is 2.20. The first kappa shape index (κ1) is 16.4. The second-order valence-corrected chi connectivity index (χ2v) is 7.25. The van der Waals surface area contributed by atoms with Crippen molar-refractivity contribution in [3.8, 4) is 0 Å². The predicted molar refractivity (Wildman–Crippen MR) is 94.6 cm³/mol. The number of carbonyl (C=O) groups is 1. The average molecular weight is 390 g/mol. The van der Waals surface area contributed by atoms with Crippen LogP contribution < -0.4 is 11.0 Å². The van der Waals surface area contributed by atoms with E-state index in [4.69, 9.17) is 0 Å². The van der Waals surface area contributed by atoms with E-state index < -0.39 is 5.91 Å². The summed E-state index contributed by atoms with van der Waals surface area (Å²) in [7, 11) is 0. The average Bonchev–Trinajstić information content (AvgIpc) is 2.95. The van der Waals surface area contributed by atoms with Crippen molar-refractivity contribution in [3.63, 3.8) is 0 Å². The highest BCUT2D eigenvalue weighted by atomic mass is 79.9. The molecular formula is C16H16BrN5O2. The van der Waals surface area contributed by atoms with Crippen LogP contribution in [0.1, 0.15) is 31.1 Å². The predicted octanol–water partition coefficient (Wildman–Crippen LogP) is 2.49. The Morgan fingerprint density at radius 2 is 1.88 bits per heavy atom. The number of amides is 1. The van der Waals surface area contributed by atoms with Crippen molar-refractivity contribution in [2.45, 2.75) is 26.3 Å². The molecule has 124 valence electrons. The Bertz CT molecular complexity index is 967. The Hall–Kier alpha value is -2.48. The molecule has 24 heavy (non-hydrogen) atoms. The standard InChI is InChI=1S/C16H16BrN5O2/c1-16(2,3)22-13-12(8-19-22)15(24)21(9-18-13)20-14(23)10-4-6-11(17)7-5-10/h4-9H,1-3H3,(H,20,23). The number of benzene rings is 1. The minimum absolute atomic E-state index is 0.298. The van der Waals surface area contributed by atoms with Gasteiger partial charge in [-0.3, -0.25) is 15.0 Å². The Morgan fingerprint density at radius 1 is 1.21 bits per heavy atom. The third-order valence-electron chi connectivity index (χ3n) is 3.45. The number of rotatable bonds is 2. The second-order valence-electron chi connectivity index (χ2n) is 6.33. The third kappa shape index (κ3) is 2.96. The van der Waals surface area contributed by atoms with Crippen LogP contribution in [-0.4, -0.2) is 25.3 Å². The van der Waals surface area contributed by atoms with Crippen LogP contribution in [0.3, 0.4) is 0 Å². The summed E-state index contributed by atoms with van der Waals surface area (Å²) in [5.74, 6) is -0.394.